The molecule has 2 bridgehead atoms. The summed E-state index contributed by atoms with van der Waals surface area (Å²) in [5.41, 5.74) is 21.8. The number of anilines is 6. The number of rotatable bonds is 11. The molecule has 0 radical (unpaired) electrons. The molecule has 2 unspecified atom stereocenters. The van der Waals surface area contributed by atoms with Gasteiger partial charge in [-0.05, 0) is 197 Å². The SMILES string of the molecule is Cc1ccc(N(c2ccc(C)cc2)c2cccc(-c3ccc(-c4ccc(N(c5ccc(-c6ccccc6)cc5)c5ccc(-c6ccc(C78CC9CC%10CC(C7)C%109C8)cc6)cc5)cc4)cc3)c2)cc1. The van der Waals surface area contributed by atoms with E-state index in [4.69, 9.17) is 0 Å². The molecule has 0 saturated heterocycles. The van der Waals surface area contributed by atoms with E-state index in [0.29, 0.717) is 5.41 Å². The van der Waals surface area contributed by atoms with Gasteiger partial charge in [0.25, 0.3) is 0 Å². The van der Waals surface area contributed by atoms with Crippen molar-refractivity contribution in [2.75, 3.05) is 9.80 Å². The standard InChI is InChI=1S/C66H56N2/c1-45-11-29-59(30-12-45)68(60-31-13-46(2)14-32-60)64-10-6-9-54(39-64)53-17-15-48(16-18-53)51-23-35-62(36-24-51)67(61-33-21-50(22-34-61)47-7-4-3-5-8-47)63-37-25-52(26-38-63)49-19-27-55(28-20-49)65-42-57-40-56-41-58(43-65)66(56,57)44-65/h3-39,56-58H,40-44H2,1-2H3. The van der Waals surface area contributed by atoms with Crippen LogP contribution in [0.25, 0.3) is 44.5 Å². The van der Waals surface area contributed by atoms with Crippen molar-refractivity contribution in [3.8, 4) is 44.5 Å². The molecule has 0 aromatic heterocycles. The molecule has 4 aliphatic rings. The fourth-order valence-corrected chi connectivity index (χ4v) is 13.4. The van der Waals surface area contributed by atoms with Crippen LogP contribution in [0.5, 0.6) is 0 Å². The predicted molar refractivity (Wildman–Crippen MR) is 285 cm³/mol. The summed E-state index contributed by atoms with van der Waals surface area (Å²) in [5.74, 6) is 3.07. The van der Waals surface area contributed by atoms with Gasteiger partial charge in [0.1, 0.15) is 0 Å². The van der Waals surface area contributed by atoms with Crippen molar-refractivity contribution < 1.29 is 0 Å². The molecule has 0 amide bonds. The van der Waals surface area contributed by atoms with Gasteiger partial charge in [-0.25, -0.2) is 0 Å². The average molecular weight is 877 g/mol. The van der Waals surface area contributed by atoms with Gasteiger partial charge >= 0.3 is 0 Å². The molecule has 2 nitrogen and oxygen atoms in total. The topological polar surface area (TPSA) is 6.48 Å². The van der Waals surface area contributed by atoms with Crippen molar-refractivity contribution in [3.63, 3.8) is 0 Å². The highest BCUT2D eigenvalue weighted by atomic mass is 15.1. The summed E-state index contributed by atoms with van der Waals surface area (Å²) >= 11 is 0. The largest absolute Gasteiger partial charge is 0.311 e. The minimum atomic E-state index is 0.443. The zero-order valence-electron chi connectivity index (χ0n) is 39.0. The molecule has 4 aliphatic carbocycles. The first-order chi connectivity index (χ1) is 33.4. The van der Waals surface area contributed by atoms with Crippen LogP contribution in [-0.2, 0) is 5.41 Å². The van der Waals surface area contributed by atoms with Crippen LogP contribution in [0, 0.1) is 37.0 Å². The number of fused-ring (bicyclic) bond motifs is 1. The Bertz CT molecular complexity index is 3180. The molecule has 68 heavy (non-hydrogen) atoms. The molecular weight excluding hydrogens is 821 g/mol. The molecule has 4 saturated carbocycles. The van der Waals surface area contributed by atoms with Crippen LogP contribution in [0.2, 0.25) is 0 Å². The first-order valence-corrected chi connectivity index (χ1v) is 24.8. The second-order valence-electron chi connectivity index (χ2n) is 20.6. The van der Waals surface area contributed by atoms with Crippen LogP contribution in [0.15, 0.2) is 224 Å². The number of hydrogen-bond acceptors (Lipinski definition) is 2. The first-order valence-electron chi connectivity index (χ1n) is 24.8. The lowest BCUT2D eigenvalue weighted by Crippen LogP contribution is -2.59. The van der Waals surface area contributed by atoms with Crippen LogP contribution in [-0.4, -0.2) is 0 Å². The maximum absolute atomic E-state index is 2.48. The summed E-state index contributed by atoms with van der Waals surface area (Å²) in [4.78, 5) is 4.72. The summed E-state index contributed by atoms with van der Waals surface area (Å²) in [6, 6.07) is 83.1. The van der Waals surface area contributed by atoms with E-state index in [1.54, 1.807) is 5.56 Å². The van der Waals surface area contributed by atoms with Gasteiger partial charge in [-0.15, -0.1) is 0 Å². The fourth-order valence-electron chi connectivity index (χ4n) is 13.4. The number of benzene rings is 9. The smallest absolute Gasteiger partial charge is 0.0467 e. The lowest BCUT2D eigenvalue weighted by molar-refractivity contribution is -0.175. The van der Waals surface area contributed by atoms with Gasteiger partial charge in [-0.3, -0.25) is 0 Å². The van der Waals surface area contributed by atoms with Crippen LogP contribution >= 0.6 is 0 Å². The second-order valence-corrected chi connectivity index (χ2v) is 20.6. The maximum atomic E-state index is 2.48. The van der Waals surface area contributed by atoms with Crippen LogP contribution in [0.4, 0.5) is 34.1 Å². The van der Waals surface area contributed by atoms with Crippen molar-refractivity contribution in [2.24, 2.45) is 23.2 Å². The second kappa shape index (κ2) is 16.1. The zero-order valence-corrected chi connectivity index (χ0v) is 39.0. The maximum Gasteiger partial charge on any atom is 0.0467 e. The van der Waals surface area contributed by atoms with E-state index in [9.17, 15) is 0 Å². The van der Waals surface area contributed by atoms with Gasteiger partial charge < -0.3 is 9.80 Å². The average Bonchev–Trinajstić information content (AvgIpc) is 3.89. The normalized spacial score (nSPS) is 21.6. The highest BCUT2D eigenvalue weighted by Crippen LogP contribution is 2.84. The molecule has 1 spiro atoms. The first kappa shape index (κ1) is 40.8. The molecule has 0 heterocycles. The lowest BCUT2D eigenvalue weighted by atomic mass is 9.38. The minimum absolute atomic E-state index is 0.443. The van der Waals surface area contributed by atoms with Crippen molar-refractivity contribution in [1.29, 1.82) is 0 Å². The van der Waals surface area contributed by atoms with E-state index in [1.807, 2.05) is 0 Å². The number of aryl methyl sites for hydroxylation is 2. The van der Waals surface area contributed by atoms with Crippen LogP contribution < -0.4 is 9.80 Å². The van der Waals surface area contributed by atoms with Gasteiger partial charge in [0.05, 0.1) is 0 Å². The Balaban J connectivity index is 0.771. The minimum Gasteiger partial charge on any atom is -0.311 e. The molecule has 13 rings (SSSR count). The number of nitrogens with zero attached hydrogens (tertiary/aromatic N) is 2. The highest BCUT2D eigenvalue weighted by Gasteiger charge is 2.77. The van der Waals surface area contributed by atoms with Gasteiger partial charge in [-0.2, -0.15) is 0 Å². The monoisotopic (exact) mass is 876 g/mol. The van der Waals surface area contributed by atoms with E-state index in [-0.39, 0.29) is 0 Å². The van der Waals surface area contributed by atoms with E-state index >= 15 is 0 Å². The third kappa shape index (κ3) is 6.83. The van der Waals surface area contributed by atoms with E-state index in [0.717, 1.165) is 57.3 Å². The van der Waals surface area contributed by atoms with Crippen LogP contribution in [0.1, 0.15) is 48.8 Å². The van der Waals surface area contributed by atoms with E-state index < -0.39 is 0 Å². The Labute approximate surface area is 402 Å². The Morgan fingerprint density at radius 2 is 0.676 bits per heavy atom. The van der Waals surface area contributed by atoms with Gasteiger partial charge in [-0.1, -0.05) is 163 Å². The molecule has 2 atom stereocenters. The van der Waals surface area contributed by atoms with Crippen molar-refractivity contribution >= 4 is 34.1 Å². The van der Waals surface area contributed by atoms with Crippen molar-refractivity contribution in [3.05, 3.63) is 241 Å². The molecular formula is C66H56N2. The Morgan fingerprint density at radius 3 is 1.10 bits per heavy atom. The zero-order chi connectivity index (χ0) is 45.4. The van der Waals surface area contributed by atoms with Gasteiger partial charge in [0.15, 0.2) is 0 Å². The van der Waals surface area contributed by atoms with Gasteiger partial charge in [0.2, 0.25) is 0 Å². The van der Waals surface area contributed by atoms with Crippen molar-refractivity contribution in [2.45, 2.75) is 51.4 Å². The molecule has 4 fully saturated rings. The summed E-state index contributed by atoms with van der Waals surface area (Å²) in [6.07, 6.45) is 7.35. The molecule has 9 aromatic rings. The van der Waals surface area contributed by atoms with Crippen LogP contribution in [0.3, 0.4) is 0 Å². The Kier molecular flexibility index (Phi) is 9.68. The third-order valence-electron chi connectivity index (χ3n) is 16.9. The summed E-state index contributed by atoms with van der Waals surface area (Å²) in [6.45, 7) is 4.28. The molecule has 2 heteroatoms. The van der Waals surface area contributed by atoms with E-state index in [2.05, 4.69) is 248 Å². The molecule has 9 aromatic carbocycles. The lowest BCUT2D eigenvalue weighted by Gasteiger charge is -2.66. The predicted octanol–water partition coefficient (Wildman–Crippen LogP) is 18.0. The molecule has 0 N–H and O–H groups in total. The fraction of sp³-hybridized carbons (Fsp3) is 0.182. The third-order valence-corrected chi connectivity index (χ3v) is 16.9. The van der Waals surface area contributed by atoms with Crippen molar-refractivity contribution in [1.82, 2.24) is 0 Å². The Morgan fingerprint density at radius 1 is 0.324 bits per heavy atom. The highest BCUT2D eigenvalue weighted by molar-refractivity contribution is 5.83. The molecule has 0 aliphatic heterocycles. The van der Waals surface area contributed by atoms with E-state index in [1.165, 1.54) is 87.7 Å². The van der Waals surface area contributed by atoms with Gasteiger partial charge in [0, 0.05) is 34.1 Å². The summed E-state index contributed by atoms with van der Waals surface area (Å²) < 4.78 is 0. The summed E-state index contributed by atoms with van der Waals surface area (Å²) in [5, 5.41) is 0. The number of hydrogen-bond donors (Lipinski definition) is 0. The summed E-state index contributed by atoms with van der Waals surface area (Å²) in [7, 11) is 0. The molecule has 330 valence electrons. The Hall–Kier alpha value is -7.42. The quantitative estimate of drug-likeness (QED) is 0.128.